The average molecular weight is 198 g/mol. The van der Waals surface area contributed by atoms with E-state index in [2.05, 4.69) is 0 Å². The minimum absolute atomic E-state index is 0.173. The minimum atomic E-state index is 0.173. The molecule has 1 unspecified atom stereocenters. The smallest absolute Gasteiger partial charge is 0.140 e. The number of ether oxygens (including phenoxy) is 2. The fraction of sp³-hybridized carbons (Fsp3) is 0.909. The predicted molar refractivity (Wildman–Crippen MR) is 52.1 cm³/mol. The Balaban J connectivity index is 1.79. The van der Waals surface area contributed by atoms with Gasteiger partial charge in [0.2, 0.25) is 0 Å². The Morgan fingerprint density at radius 1 is 1.14 bits per heavy atom. The Labute approximate surface area is 84.8 Å². The maximum Gasteiger partial charge on any atom is 0.140 e. The van der Waals surface area contributed by atoms with Gasteiger partial charge in [0.05, 0.1) is 13.2 Å². The fourth-order valence-electron chi connectivity index (χ4n) is 2.28. The molecule has 0 aromatic heterocycles. The number of carbonyl (C=O) groups is 1. The molecule has 0 bridgehead atoms. The van der Waals surface area contributed by atoms with E-state index in [0.717, 1.165) is 32.5 Å². The van der Waals surface area contributed by atoms with Gasteiger partial charge in [-0.3, -0.25) is 4.79 Å². The molecule has 0 spiro atoms. The van der Waals surface area contributed by atoms with Crippen molar-refractivity contribution in [2.45, 2.75) is 25.7 Å². The van der Waals surface area contributed by atoms with E-state index in [1.807, 2.05) is 0 Å². The van der Waals surface area contributed by atoms with Gasteiger partial charge in [0.15, 0.2) is 0 Å². The molecule has 0 saturated carbocycles. The third kappa shape index (κ3) is 2.55. The van der Waals surface area contributed by atoms with Crippen LogP contribution in [-0.4, -0.2) is 32.2 Å². The van der Waals surface area contributed by atoms with E-state index in [1.165, 1.54) is 0 Å². The van der Waals surface area contributed by atoms with Gasteiger partial charge in [-0.1, -0.05) is 0 Å². The SMILES string of the molecule is O=C1CCOCC1CC1CCOCC1. The Kier molecular flexibility index (Phi) is 3.54. The Morgan fingerprint density at radius 3 is 2.64 bits per heavy atom. The van der Waals surface area contributed by atoms with Crippen molar-refractivity contribution in [2.24, 2.45) is 11.8 Å². The number of ketones is 1. The molecule has 3 heteroatoms. The van der Waals surface area contributed by atoms with Crippen molar-refractivity contribution in [1.29, 1.82) is 0 Å². The van der Waals surface area contributed by atoms with Gasteiger partial charge in [-0.2, -0.15) is 0 Å². The second-order valence-electron chi connectivity index (χ2n) is 4.28. The first kappa shape index (κ1) is 10.1. The Hall–Kier alpha value is -0.410. The molecule has 0 N–H and O–H groups in total. The largest absolute Gasteiger partial charge is 0.381 e. The summed E-state index contributed by atoms with van der Waals surface area (Å²) in [7, 11) is 0. The molecular weight excluding hydrogens is 180 g/mol. The Bertz CT molecular complexity index is 197. The van der Waals surface area contributed by atoms with Crippen LogP contribution < -0.4 is 0 Å². The van der Waals surface area contributed by atoms with Crippen LogP contribution in [0.5, 0.6) is 0 Å². The molecule has 0 aromatic rings. The molecule has 1 atom stereocenters. The van der Waals surface area contributed by atoms with Crippen LogP contribution in [0.2, 0.25) is 0 Å². The highest BCUT2D eigenvalue weighted by Crippen LogP contribution is 2.25. The van der Waals surface area contributed by atoms with Gasteiger partial charge >= 0.3 is 0 Å². The third-order valence-corrected chi connectivity index (χ3v) is 3.23. The summed E-state index contributed by atoms with van der Waals surface area (Å²) >= 11 is 0. The van der Waals surface area contributed by atoms with E-state index in [-0.39, 0.29) is 5.92 Å². The molecule has 14 heavy (non-hydrogen) atoms. The lowest BCUT2D eigenvalue weighted by Gasteiger charge is -2.27. The van der Waals surface area contributed by atoms with Crippen LogP contribution in [0.4, 0.5) is 0 Å². The van der Waals surface area contributed by atoms with Crippen molar-refractivity contribution in [3.63, 3.8) is 0 Å². The van der Waals surface area contributed by atoms with Crippen molar-refractivity contribution in [1.82, 2.24) is 0 Å². The summed E-state index contributed by atoms with van der Waals surface area (Å²) in [6, 6.07) is 0. The van der Waals surface area contributed by atoms with Crippen LogP contribution in [0, 0.1) is 11.8 Å². The lowest BCUT2D eigenvalue weighted by Crippen LogP contribution is -2.30. The van der Waals surface area contributed by atoms with E-state index in [1.54, 1.807) is 0 Å². The van der Waals surface area contributed by atoms with E-state index in [9.17, 15) is 4.79 Å². The van der Waals surface area contributed by atoms with Crippen LogP contribution >= 0.6 is 0 Å². The lowest BCUT2D eigenvalue weighted by molar-refractivity contribution is -0.131. The highest BCUT2D eigenvalue weighted by Gasteiger charge is 2.26. The zero-order valence-electron chi connectivity index (χ0n) is 8.54. The summed E-state index contributed by atoms with van der Waals surface area (Å²) in [6.07, 6.45) is 3.86. The second kappa shape index (κ2) is 4.89. The predicted octanol–water partition coefficient (Wildman–Crippen LogP) is 1.41. The van der Waals surface area contributed by atoms with Gasteiger partial charge in [-0.05, 0) is 25.2 Å². The standard InChI is InChI=1S/C11H18O3/c12-11-3-6-14-8-10(11)7-9-1-4-13-5-2-9/h9-10H,1-8H2. The van der Waals surface area contributed by atoms with E-state index in [0.29, 0.717) is 31.3 Å². The van der Waals surface area contributed by atoms with Gasteiger partial charge in [-0.25, -0.2) is 0 Å². The molecule has 0 amide bonds. The zero-order valence-corrected chi connectivity index (χ0v) is 8.54. The highest BCUT2D eigenvalue weighted by atomic mass is 16.5. The van der Waals surface area contributed by atoms with Gasteiger partial charge in [-0.15, -0.1) is 0 Å². The van der Waals surface area contributed by atoms with E-state index >= 15 is 0 Å². The minimum Gasteiger partial charge on any atom is -0.381 e. The number of Topliss-reactive ketones (excluding diaryl/α,β-unsaturated/α-hetero) is 1. The number of hydrogen-bond acceptors (Lipinski definition) is 3. The first-order valence-corrected chi connectivity index (χ1v) is 5.54. The quantitative estimate of drug-likeness (QED) is 0.673. The molecule has 2 heterocycles. The normalized spacial score (nSPS) is 30.6. The van der Waals surface area contributed by atoms with E-state index in [4.69, 9.17) is 9.47 Å². The van der Waals surface area contributed by atoms with Crippen LogP contribution in [0.3, 0.4) is 0 Å². The third-order valence-electron chi connectivity index (χ3n) is 3.23. The van der Waals surface area contributed by atoms with Crippen molar-refractivity contribution in [3.8, 4) is 0 Å². The first-order valence-electron chi connectivity index (χ1n) is 5.54. The van der Waals surface area contributed by atoms with Crippen LogP contribution in [0.25, 0.3) is 0 Å². The molecule has 2 rings (SSSR count). The molecule has 2 aliphatic heterocycles. The zero-order chi connectivity index (χ0) is 9.80. The topological polar surface area (TPSA) is 35.5 Å². The molecule has 0 aromatic carbocycles. The molecule has 80 valence electrons. The molecule has 0 radical (unpaired) electrons. The summed E-state index contributed by atoms with van der Waals surface area (Å²) in [4.78, 5) is 11.6. The number of hydrogen-bond donors (Lipinski definition) is 0. The molecule has 2 saturated heterocycles. The summed E-state index contributed by atoms with van der Waals surface area (Å²) < 4.78 is 10.6. The van der Waals surface area contributed by atoms with Crippen molar-refractivity contribution in [3.05, 3.63) is 0 Å². The highest BCUT2D eigenvalue weighted by molar-refractivity contribution is 5.81. The maximum absolute atomic E-state index is 11.6. The fourth-order valence-corrected chi connectivity index (χ4v) is 2.28. The summed E-state index contributed by atoms with van der Waals surface area (Å²) in [6.45, 7) is 3.01. The van der Waals surface area contributed by atoms with Gasteiger partial charge in [0.25, 0.3) is 0 Å². The van der Waals surface area contributed by atoms with Crippen LogP contribution in [0.15, 0.2) is 0 Å². The van der Waals surface area contributed by atoms with E-state index < -0.39 is 0 Å². The maximum atomic E-state index is 11.6. The molecule has 2 aliphatic rings. The first-order chi connectivity index (χ1) is 6.86. The molecule has 0 aliphatic carbocycles. The second-order valence-corrected chi connectivity index (χ2v) is 4.28. The van der Waals surface area contributed by atoms with Crippen molar-refractivity contribution in [2.75, 3.05) is 26.4 Å². The van der Waals surface area contributed by atoms with Crippen LogP contribution in [0.1, 0.15) is 25.7 Å². The van der Waals surface area contributed by atoms with Gasteiger partial charge < -0.3 is 9.47 Å². The number of carbonyl (C=O) groups excluding carboxylic acids is 1. The van der Waals surface area contributed by atoms with Crippen LogP contribution in [-0.2, 0) is 14.3 Å². The summed E-state index contributed by atoms with van der Waals surface area (Å²) in [5.41, 5.74) is 0. The monoisotopic (exact) mass is 198 g/mol. The number of rotatable bonds is 2. The Morgan fingerprint density at radius 2 is 1.93 bits per heavy atom. The van der Waals surface area contributed by atoms with Crippen molar-refractivity contribution >= 4 is 5.78 Å². The van der Waals surface area contributed by atoms with Crippen molar-refractivity contribution < 1.29 is 14.3 Å². The molecule has 3 nitrogen and oxygen atoms in total. The average Bonchev–Trinajstić information content (AvgIpc) is 2.23. The lowest BCUT2D eigenvalue weighted by atomic mass is 9.85. The van der Waals surface area contributed by atoms with Gasteiger partial charge in [0.1, 0.15) is 5.78 Å². The molecule has 2 fully saturated rings. The van der Waals surface area contributed by atoms with Gasteiger partial charge in [0, 0.05) is 25.6 Å². The molecular formula is C11H18O3. The summed E-state index contributed by atoms with van der Waals surface area (Å²) in [5.74, 6) is 1.26. The summed E-state index contributed by atoms with van der Waals surface area (Å²) in [5, 5.41) is 0.